The van der Waals surface area contributed by atoms with Crippen molar-refractivity contribution in [3.05, 3.63) is 35.9 Å². The monoisotopic (exact) mass is 658 g/mol. The van der Waals surface area contributed by atoms with Gasteiger partial charge in [-0.2, -0.15) is 0 Å². The average Bonchev–Trinajstić information content (AvgIpc) is 3.05. The van der Waals surface area contributed by atoms with Crippen LogP contribution < -0.4 is 32.3 Å². The summed E-state index contributed by atoms with van der Waals surface area (Å²) in [7, 11) is 0. The van der Waals surface area contributed by atoms with Crippen LogP contribution in [0.5, 0.6) is 0 Å². The van der Waals surface area contributed by atoms with Crippen LogP contribution in [0.15, 0.2) is 30.3 Å². The molecule has 8 N–H and O–H groups in total. The van der Waals surface area contributed by atoms with Gasteiger partial charge in [-0.3, -0.25) is 28.8 Å². The van der Waals surface area contributed by atoms with Gasteiger partial charge >= 0.3 is 5.97 Å². The highest BCUT2D eigenvalue weighted by Gasteiger charge is 2.35. The molecule has 13 nitrogen and oxygen atoms in total. The standard InChI is InChI=1S/C34H54N6O7/c1-6-21(4)29(33(45)38-25(17-23-13-9-7-10-14-23)30(42)36-22(5)34(46)47)40-31(43)26(18-24-15-11-8-12-16-24)37-32(44)28(20(2)3)39-27(41)19-35/h8,11-12,15-16,20-23,25-26,28-29H,6-7,9-10,13-14,17-19,35H2,1-5H3,(H,36,42)(H,37,44)(H,38,45)(H,39,41)(H,40,43)(H,46,47)/t21-,22-,25-,26-,28-,29-/m0/s1. The van der Waals surface area contributed by atoms with E-state index in [4.69, 9.17) is 5.73 Å². The lowest BCUT2D eigenvalue weighted by molar-refractivity contribution is -0.142. The number of nitrogens with one attached hydrogen (secondary N) is 5. The largest absolute Gasteiger partial charge is 0.480 e. The Morgan fingerprint density at radius 2 is 1.34 bits per heavy atom. The molecule has 1 fully saturated rings. The van der Waals surface area contributed by atoms with Gasteiger partial charge in [0.25, 0.3) is 0 Å². The highest BCUT2D eigenvalue weighted by molar-refractivity contribution is 5.96. The molecule has 47 heavy (non-hydrogen) atoms. The van der Waals surface area contributed by atoms with Crippen molar-refractivity contribution in [3.8, 4) is 0 Å². The molecule has 0 bridgehead atoms. The Morgan fingerprint density at radius 3 is 1.89 bits per heavy atom. The van der Waals surface area contributed by atoms with Gasteiger partial charge in [-0.15, -0.1) is 0 Å². The zero-order chi connectivity index (χ0) is 35.1. The zero-order valence-electron chi connectivity index (χ0n) is 28.3. The van der Waals surface area contributed by atoms with Crippen LogP contribution in [-0.2, 0) is 35.2 Å². The van der Waals surface area contributed by atoms with Gasteiger partial charge in [-0.25, -0.2) is 0 Å². The van der Waals surface area contributed by atoms with Crippen LogP contribution in [0.3, 0.4) is 0 Å². The molecule has 1 aliphatic rings. The molecule has 262 valence electrons. The maximum absolute atomic E-state index is 13.9. The summed E-state index contributed by atoms with van der Waals surface area (Å²) in [4.78, 5) is 77.8. The fourth-order valence-electron chi connectivity index (χ4n) is 5.67. The number of hydrogen-bond acceptors (Lipinski definition) is 7. The van der Waals surface area contributed by atoms with E-state index >= 15 is 0 Å². The van der Waals surface area contributed by atoms with Crippen molar-refractivity contribution >= 4 is 35.5 Å². The minimum atomic E-state index is -1.19. The van der Waals surface area contributed by atoms with Crippen LogP contribution in [0.2, 0.25) is 0 Å². The zero-order valence-corrected chi connectivity index (χ0v) is 28.3. The van der Waals surface area contributed by atoms with Crippen LogP contribution >= 0.6 is 0 Å². The van der Waals surface area contributed by atoms with Gasteiger partial charge in [-0.1, -0.05) is 96.6 Å². The molecule has 1 aromatic rings. The molecule has 1 saturated carbocycles. The van der Waals surface area contributed by atoms with Crippen LogP contribution in [0.1, 0.15) is 85.1 Å². The Kier molecular flexibility index (Phi) is 16.3. The predicted molar refractivity (Wildman–Crippen MR) is 178 cm³/mol. The lowest BCUT2D eigenvalue weighted by Crippen LogP contribution is -2.61. The number of carboxylic acid groups (broad SMARTS) is 1. The molecule has 0 aromatic heterocycles. The second-order valence-corrected chi connectivity index (χ2v) is 13.0. The summed E-state index contributed by atoms with van der Waals surface area (Å²) in [5.74, 6) is -4.52. The molecule has 0 radical (unpaired) electrons. The van der Waals surface area contributed by atoms with Crippen LogP contribution in [0.25, 0.3) is 0 Å². The van der Waals surface area contributed by atoms with Gasteiger partial charge in [0.05, 0.1) is 6.54 Å². The quantitative estimate of drug-likeness (QED) is 0.122. The molecule has 2 rings (SSSR count). The highest BCUT2D eigenvalue weighted by Crippen LogP contribution is 2.27. The molecule has 13 heteroatoms. The minimum absolute atomic E-state index is 0.114. The normalized spacial score (nSPS) is 17.3. The first-order valence-corrected chi connectivity index (χ1v) is 16.7. The fraction of sp³-hybridized carbons (Fsp3) is 0.647. The van der Waals surface area contributed by atoms with Crippen LogP contribution in [-0.4, -0.2) is 77.4 Å². The maximum Gasteiger partial charge on any atom is 0.325 e. The summed E-state index contributed by atoms with van der Waals surface area (Å²) < 4.78 is 0. The number of nitrogens with two attached hydrogens (primary N) is 1. The van der Waals surface area contributed by atoms with Gasteiger partial charge in [0.2, 0.25) is 29.5 Å². The molecule has 1 aromatic carbocycles. The number of benzene rings is 1. The number of carbonyl (C=O) groups is 6. The molecule has 0 unspecified atom stereocenters. The van der Waals surface area contributed by atoms with Gasteiger partial charge < -0.3 is 37.4 Å². The SMILES string of the molecule is CC[C@H](C)[C@H](NC(=O)[C@H](Cc1ccccc1)NC(=O)[C@@H](NC(=O)CN)C(C)C)C(=O)N[C@@H](CC1CCCCC1)C(=O)N[C@@H](C)C(=O)O. The van der Waals surface area contributed by atoms with E-state index in [2.05, 4.69) is 26.6 Å². The molecular formula is C34H54N6O7. The highest BCUT2D eigenvalue weighted by atomic mass is 16.4. The first-order chi connectivity index (χ1) is 22.3. The topological polar surface area (TPSA) is 209 Å². The van der Waals surface area contributed by atoms with E-state index < -0.39 is 65.7 Å². The molecular weight excluding hydrogens is 604 g/mol. The first-order valence-electron chi connectivity index (χ1n) is 16.7. The molecule has 5 amide bonds. The summed E-state index contributed by atoms with van der Waals surface area (Å²) in [5.41, 5.74) is 6.21. The van der Waals surface area contributed by atoms with Gasteiger partial charge in [0, 0.05) is 6.42 Å². The molecule has 1 aliphatic carbocycles. The van der Waals surface area contributed by atoms with Crippen LogP contribution in [0.4, 0.5) is 0 Å². The Morgan fingerprint density at radius 1 is 0.766 bits per heavy atom. The number of rotatable bonds is 18. The van der Waals surface area contributed by atoms with E-state index in [9.17, 15) is 33.9 Å². The molecule has 0 spiro atoms. The molecule has 0 heterocycles. The number of carboxylic acids is 1. The third-order valence-electron chi connectivity index (χ3n) is 8.82. The third-order valence-corrected chi connectivity index (χ3v) is 8.82. The minimum Gasteiger partial charge on any atom is -0.480 e. The molecule has 0 saturated heterocycles. The first kappa shape index (κ1) is 39.2. The van der Waals surface area contributed by atoms with Crippen molar-refractivity contribution < 1.29 is 33.9 Å². The fourth-order valence-corrected chi connectivity index (χ4v) is 5.67. The number of hydrogen-bond donors (Lipinski definition) is 7. The van der Waals surface area contributed by atoms with E-state index in [1.807, 2.05) is 37.3 Å². The Balaban J connectivity index is 2.33. The maximum atomic E-state index is 13.9. The Bertz CT molecular complexity index is 1200. The average molecular weight is 659 g/mol. The molecule has 0 aliphatic heterocycles. The van der Waals surface area contributed by atoms with Crippen molar-refractivity contribution in [1.29, 1.82) is 0 Å². The lowest BCUT2D eigenvalue weighted by Gasteiger charge is -2.31. The van der Waals surface area contributed by atoms with Crippen molar-refractivity contribution in [2.75, 3.05) is 6.54 Å². The van der Waals surface area contributed by atoms with E-state index in [-0.39, 0.29) is 30.7 Å². The number of aliphatic carboxylic acids is 1. The van der Waals surface area contributed by atoms with Crippen LogP contribution in [0, 0.1) is 17.8 Å². The smallest absolute Gasteiger partial charge is 0.325 e. The second kappa shape index (κ2) is 19.6. The van der Waals surface area contributed by atoms with Gasteiger partial charge in [-0.05, 0) is 36.7 Å². The van der Waals surface area contributed by atoms with Crippen molar-refractivity contribution in [2.24, 2.45) is 23.5 Å². The van der Waals surface area contributed by atoms with E-state index in [1.54, 1.807) is 20.8 Å². The second-order valence-electron chi connectivity index (χ2n) is 13.0. The Labute approximate surface area is 277 Å². The van der Waals surface area contributed by atoms with E-state index in [1.165, 1.54) is 6.92 Å². The summed E-state index contributed by atoms with van der Waals surface area (Å²) >= 11 is 0. The predicted octanol–water partition coefficient (Wildman–Crippen LogP) is 1.39. The van der Waals surface area contributed by atoms with Gasteiger partial charge in [0.1, 0.15) is 30.2 Å². The number of carbonyl (C=O) groups excluding carboxylic acids is 5. The summed E-state index contributed by atoms with van der Waals surface area (Å²) in [6.45, 7) is 8.24. The van der Waals surface area contributed by atoms with Crippen molar-refractivity contribution in [3.63, 3.8) is 0 Å². The summed E-state index contributed by atoms with van der Waals surface area (Å²) in [5, 5.41) is 22.8. The third kappa shape index (κ3) is 13.0. The number of amides is 5. The van der Waals surface area contributed by atoms with E-state index in [0.717, 1.165) is 37.7 Å². The van der Waals surface area contributed by atoms with Crippen molar-refractivity contribution in [1.82, 2.24) is 26.6 Å². The molecule has 6 atom stereocenters. The van der Waals surface area contributed by atoms with Gasteiger partial charge in [0.15, 0.2) is 0 Å². The lowest BCUT2D eigenvalue weighted by atomic mass is 9.84. The summed E-state index contributed by atoms with van der Waals surface area (Å²) in [6.07, 6.45) is 5.94. The Hall–Kier alpha value is -4.00. The van der Waals surface area contributed by atoms with E-state index in [0.29, 0.717) is 12.8 Å². The summed E-state index contributed by atoms with van der Waals surface area (Å²) in [6, 6.07) is 3.83. The van der Waals surface area contributed by atoms with Crippen molar-refractivity contribution in [2.45, 2.75) is 116 Å².